The lowest BCUT2D eigenvalue weighted by Crippen LogP contribution is -1.92. The van der Waals surface area contributed by atoms with Gasteiger partial charge in [0, 0.05) is 0 Å². The minimum Gasteiger partial charge on any atom is -0.373 e. The van der Waals surface area contributed by atoms with Gasteiger partial charge in [0.2, 0.25) is 0 Å². The Balaban J connectivity index is 1.87. The molecule has 0 aromatic heterocycles. The zero-order valence-corrected chi connectivity index (χ0v) is 5.55. The Kier molecular flexibility index (Phi) is 1.90. The first-order valence-electron chi connectivity index (χ1n) is 3.24. The molecule has 1 unspecified atom stereocenters. The van der Waals surface area contributed by atoms with Gasteiger partial charge in [0.15, 0.2) is 0 Å². The van der Waals surface area contributed by atoms with Crippen LogP contribution in [-0.4, -0.2) is 12.7 Å². The molecule has 0 spiro atoms. The summed E-state index contributed by atoms with van der Waals surface area (Å²) >= 11 is 0. The van der Waals surface area contributed by atoms with Gasteiger partial charge in [-0.3, -0.25) is 0 Å². The van der Waals surface area contributed by atoms with Gasteiger partial charge in [-0.05, 0) is 18.8 Å². The van der Waals surface area contributed by atoms with E-state index >= 15 is 0 Å². The summed E-state index contributed by atoms with van der Waals surface area (Å²) in [6, 6.07) is 0. The highest BCUT2D eigenvalue weighted by molar-refractivity contribution is 4.85. The van der Waals surface area contributed by atoms with Gasteiger partial charge >= 0.3 is 0 Å². The Labute approximate surface area is 51.0 Å². The predicted octanol–water partition coefficient (Wildman–Crippen LogP) is 1.64. The van der Waals surface area contributed by atoms with Crippen LogP contribution >= 0.6 is 0 Å². The summed E-state index contributed by atoms with van der Waals surface area (Å²) in [5.41, 5.74) is 0. The zero-order chi connectivity index (χ0) is 5.98. The van der Waals surface area contributed by atoms with Crippen LogP contribution in [0.1, 0.15) is 20.3 Å². The minimum absolute atomic E-state index is 0.511. The van der Waals surface area contributed by atoms with Gasteiger partial charge in [0.1, 0.15) is 0 Å². The average molecular weight is 113 g/mol. The summed E-state index contributed by atoms with van der Waals surface area (Å²) in [4.78, 5) is 0. The predicted molar refractivity (Wildman–Crippen MR) is 33.5 cm³/mol. The van der Waals surface area contributed by atoms with Crippen molar-refractivity contribution in [3.05, 3.63) is 6.42 Å². The molecule has 1 aliphatic rings. The van der Waals surface area contributed by atoms with Crippen molar-refractivity contribution in [3.63, 3.8) is 0 Å². The van der Waals surface area contributed by atoms with Gasteiger partial charge < -0.3 is 4.74 Å². The fourth-order valence-electron chi connectivity index (χ4n) is 0.616. The van der Waals surface area contributed by atoms with Gasteiger partial charge in [-0.15, -0.1) is 0 Å². The first-order chi connectivity index (χ1) is 3.79. The molecule has 1 aliphatic heterocycles. The summed E-state index contributed by atoms with van der Waals surface area (Å²) in [5.74, 6) is 0.791. The summed E-state index contributed by atoms with van der Waals surface area (Å²) in [6.45, 7) is 5.41. The Bertz CT molecular complexity index is 62.8. The van der Waals surface area contributed by atoms with Crippen molar-refractivity contribution in [2.45, 2.75) is 26.4 Å². The largest absolute Gasteiger partial charge is 0.373 e. The van der Waals surface area contributed by atoms with E-state index < -0.39 is 0 Å². The average Bonchev–Trinajstić information content (AvgIpc) is 2.41. The van der Waals surface area contributed by atoms with Gasteiger partial charge in [-0.1, -0.05) is 13.8 Å². The first kappa shape index (κ1) is 6.09. The lowest BCUT2D eigenvalue weighted by atomic mass is 10.1. The Morgan fingerprint density at radius 1 is 1.75 bits per heavy atom. The molecule has 0 aromatic carbocycles. The second kappa shape index (κ2) is 2.49. The van der Waals surface area contributed by atoms with Crippen molar-refractivity contribution < 1.29 is 4.74 Å². The molecule has 1 atom stereocenters. The van der Waals surface area contributed by atoms with Crippen LogP contribution in [0.4, 0.5) is 0 Å². The Hall–Kier alpha value is -0.0400. The summed E-state index contributed by atoms with van der Waals surface area (Å²) in [5, 5.41) is 0. The first-order valence-corrected chi connectivity index (χ1v) is 3.24. The van der Waals surface area contributed by atoms with Crippen molar-refractivity contribution in [1.82, 2.24) is 0 Å². The topological polar surface area (TPSA) is 12.5 Å². The van der Waals surface area contributed by atoms with Gasteiger partial charge in [0.25, 0.3) is 0 Å². The molecule has 0 bridgehead atoms. The maximum absolute atomic E-state index is 5.00. The third kappa shape index (κ3) is 2.31. The molecule has 0 aliphatic carbocycles. The highest BCUT2D eigenvalue weighted by Crippen LogP contribution is 2.16. The van der Waals surface area contributed by atoms with E-state index in [1.165, 1.54) is 6.42 Å². The molecule has 47 valence electrons. The lowest BCUT2D eigenvalue weighted by Gasteiger charge is -1.98. The van der Waals surface area contributed by atoms with Crippen LogP contribution < -0.4 is 0 Å². The third-order valence-electron chi connectivity index (χ3n) is 1.23. The van der Waals surface area contributed by atoms with Crippen LogP contribution in [0.25, 0.3) is 0 Å². The highest BCUT2D eigenvalue weighted by Gasteiger charge is 2.21. The molecule has 1 heteroatoms. The van der Waals surface area contributed by atoms with Gasteiger partial charge in [0.05, 0.1) is 12.7 Å². The number of hydrogen-bond donors (Lipinski definition) is 0. The van der Waals surface area contributed by atoms with Crippen LogP contribution in [0.15, 0.2) is 0 Å². The van der Waals surface area contributed by atoms with Crippen molar-refractivity contribution in [3.8, 4) is 0 Å². The second-order valence-corrected chi connectivity index (χ2v) is 2.74. The smallest absolute Gasteiger partial charge is 0.0841 e. The minimum atomic E-state index is 0.511. The molecule has 1 radical (unpaired) electrons. The van der Waals surface area contributed by atoms with Crippen LogP contribution in [0.3, 0.4) is 0 Å². The molecular formula is C7H13O. The van der Waals surface area contributed by atoms with Crippen LogP contribution in [0, 0.1) is 12.3 Å². The molecule has 0 amide bonds. The van der Waals surface area contributed by atoms with E-state index in [0.29, 0.717) is 6.10 Å². The monoisotopic (exact) mass is 113 g/mol. The van der Waals surface area contributed by atoms with Gasteiger partial charge in [-0.2, -0.15) is 0 Å². The molecular weight excluding hydrogens is 100 g/mol. The molecule has 8 heavy (non-hydrogen) atoms. The van der Waals surface area contributed by atoms with Crippen LogP contribution in [0.2, 0.25) is 0 Å². The number of ether oxygens (including phenoxy) is 1. The maximum atomic E-state index is 5.00. The van der Waals surface area contributed by atoms with E-state index in [4.69, 9.17) is 4.74 Å². The highest BCUT2D eigenvalue weighted by atomic mass is 16.6. The van der Waals surface area contributed by atoms with E-state index in [2.05, 4.69) is 20.3 Å². The normalized spacial score (nSPS) is 26.6. The van der Waals surface area contributed by atoms with E-state index in [1.54, 1.807) is 0 Å². The molecule has 1 heterocycles. The summed E-state index contributed by atoms with van der Waals surface area (Å²) in [6.07, 6.45) is 3.97. The molecule has 0 aromatic rings. The fraction of sp³-hybridized carbons (Fsp3) is 0.857. The molecule has 0 N–H and O–H groups in total. The number of rotatable bonds is 3. The van der Waals surface area contributed by atoms with Crippen LogP contribution in [0.5, 0.6) is 0 Å². The van der Waals surface area contributed by atoms with E-state index in [-0.39, 0.29) is 0 Å². The third-order valence-corrected chi connectivity index (χ3v) is 1.23. The van der Waals surface area contributed by atoms with Crippen molar-refractivity contribution in [2.75, 3.05) is 6.61 Å². The Morgan fingerprint density at radius 2 is 2.38 bits per heavy atom. The van der Waals surface area contributed by atoms with Crippen molar-refractivity contribution in [1.29, 1.82) is 0 Å². The number of epoxide rings is 1. The molecule has 1 rings (SSSR count). The zero-order valence-electron chi connectivity index (χ0n) is 5.55. The lowest BCUT2D eigenvalue weighted by molar-refractivity contribution is 0.418. The standard InChI is InChI=1S/C7H13O/c1-6(2)3-4-7-5-8-7/h4,6-7H,3,5H2,1-2H3. The summed E-state index contributed by atoms with van der Waals surface area (Å²) in [7, 11) is 0. The van der Waals surface area contributed by atoms with E-state index in [1.807, 2.05) is 0 Å². The SMILES string of the molecule is CC(C)C[CH]C1CO1. The molecule has 1 saturated heterocycles. The van der Waals surface area contributed by atoms with E-state index in [9.17, 15) is 0 Å². The van der Waals surface area contributed by atoms with E-state index in [0.717, 1.165) is 12.5 Å². The second-order valence-electron chi connectivity index (χ2n) is 2.74. The Morgan fingerprint density at radius 3 is 2.75 bits per heavy atom. The fourth-order valence-corrected chi connectivity index (χ4v) is 0.616. The van der Waals surface area contributed by atoms with Gasteiger partial charge in [-0.25, -0.2) is 0 Å². The maximum Gasteiger partial charge on any atom is 0.0841 e. The quantitative estimate of drug-likeness (QED) is 0.507. The molecule has 0 saturated carbocycles. The van der Waals surface area contributed by atoms with Crippen molar-refractivity contribution in [2.24, 2.45) is 5.92 Å². The molecule has 1 nitrogen and oxygen atoms in total. The number of hydrogen-bond acceptors (Lipinski definition) is 1. The van der Waals surface area contributed by atoms with Crippen molar-refractivity contribution >= 4 is 0 Å². The molecule has 1 fully saturated rings. The van der Waals surface area contributed by atoms with Crippen LogP contribution in [-0.2, 0) is 4.74 Å². The summed E-state index contributed by atoms with van der Waals surface area (Å²) < 4.78 is 5.00.